The van der Waals surface area contributed by atoms with E-state index in [1.807, 2.05) is 24.3 Å². The second-order valence-electron chi connectivity index (χ2n) is 7.72. The monoisotopic (exact) mass is 458 g/mol. The molecule has 172 valence electrons. The number of anilines is 1. The normalized spacial score (nSPS) is 12.7. The molecule has 0 spiro atoms. The van der Waals surface area contributed by atoms with Gasteiger partial charge in [0.05, 0.1) is 11.5 Å². The summed E-state index contributed by atoms with van der Waals surface area (Å²) in [5, 5.41) is 13.6. The summed E-state index contributed by atoms with van der Waals surface area (Å²) in [4.78, 5) is 0.151. The summed E-state index contributed by atoms with van der Waals surface area (Å²) in [7, 11) is -2.61. The maximum atomic E-state index is 14.0. The first kappa shape index (κ1) is 24.0. The molecule has 1 aromatic heterocycles. The van der Waals surface area contributed by atoms with E-state index in [0.29, 0.717) is 16.9 Å². The van der Waals surface area contributed by atoms with Crippen molar-refractivity contribution in [2.45, 2.75) is 58.3 Å². The molecule has 3 rings (SSSR count). The second-order valence-corrected chi connectivity index (χ2v) is 9.50. The fourth-order valence-corrected chi connectivity index (χ4v) is 5.49. The highest BCUT2D eigenvalue weighted by Gasteiger charge is 2.35. The fraction of sp³-hybridized carbons (Fsp3) is 0.375. The molecule has 0 saturated heterocycles. The molecular weight excluding hydrogens is 428 g/mol. The number of rotatable bonds is 9. The number of aliphatic hydroxyl groups is 1. The van der Waals surface area contributed by atoms with Crippen molar-refractivity contribution in [1.29, 1.82) is 0 Å². The first-order chi connectivity index (χ1) is 15.3. The van der Waals surface area contributed by atoms with Crippen molar-refractivity contribution in [3.05, 3.63) is 64.9 Å². The number of benzene rings is 2. The molecule has 32 heavy (non-hydrogen) atoms. The first-order valence-corrected chi connectivity index (χ1v) is 12.0. The lowest BCUT2D eigenvalue weighted by molar-refractivity contribution is 0.127. The number of nitrogens with zero attached hydrogens (tertiary/aromatic N) is 2. The topological polar surface area (TPSA) is 92.9 Å². The fourth-order valence-electron chi connectivity index (χ4n) is 3.69. The maximum Gasteiger partial charge on any atom is 0.268 e. The number of methoxy groups -OCH3 is 1. The summed E-state index contributed by atoms with van der Waals surface area (Å²) in [5.74, 6) is 0.748. The Bertz CT molecular complexity index is 1190. The Morgan fingerprint density at radius 3 is 2.47 bits per heavy atom. The first-order valence-electron chi connectivity index (χ1n) is 10.6. The number of aryl methyl sites for hydroxylation is 2. The average Bonchev–Trinajstić information content (AvgIpc) is 3.11. The lowest BCUT2D eigenvalue weighted by atomic mass is 9.95. The molecule has 7 nitrogen and oxygen atoms in total. The van der Waals surface area contributed by atoms with Crippen molar-refractivity contribution in [2.24, 2.45) is 0 Å². The van der Waals surface area contributed by atoms with Crippen LogP contribution in [0.4, 0.5) is 5.82 Å². The van der Waals surface area contributed by atoms with E-state index in [1.54, 1.807) is 39.0 Å². The third kappa shape index (κ3) is 4.44. The Hall–Kier alpha value is -2.68. The Labute approximate surface area is 189 Å². The predicted octanol–water partition coefficient (Wildman–Crippen LogP) is 4.59. The quantitative estimate of drug-likeness (QED) is 0.472. The summed E-state index contributed by atoms with van der Waals surface area (Å²) < 4.78 is 39.8. The van der Waals surface area contributed by atoms with Gasteiger partial charge in [0.15, 0.2) is 5.82 Å². The van der Waals surface area contributed by atoms with Gasteiger partial charge in [-0.15, -0.1) is 0 Å². The number of hydrogen-bond acceptors (Lipinski definition) is 6. The zero-order valence-electron chi connectivity index (χ0n) is 19.1. The molecular formula is C24H30N2O5S. The minimum Gasteiger partial charge on any atom is -0.392 e. The second kappa shape index (κ2) is 9.85. The van der Waals surface area contributed by atoms with Crippen LogP contribution < -0.4 is 4.31 Å². The molecule has 0 amide bonds. The lowest BCUT2D eigenvalue weighted by Crippen LogP contribution is -2.40. The van der Waals surface area contributed by atoms with Crippen molar-refractivity contribution in [3.63, 3.8) is 0 Å². The number of ether oxygens (including phenoxy) is 1. The summed E-state index contributed by atoms with van der Waals surface area (Å²) in [6, 6.07) is 12.5. The van der Waals surface area contributed by atoms with Crippen molar-refractivity contribution < 1.29 is 22.8 Å². The van der Waals surface area contributed by atoms with Gasteiger partial charge in [0.25, 0.3) is 10.0 Å². The highest BCUT2D eigenvalue weighted by molar-refractivity contribution is 7.93. The van der Waals surface area contributed by atoms with Crippen LogP contribution >= 0.6 is 0 Å². The molecule has 1 unspecified atom stereocenters. The van der Waals surface area contributed by atoms with Crippen molar-refractivity contribution in [1.82, 2.24) is 5.16 Å². The molecule has 3 aromatic rings. The van der Waals surface area contributed by atoms with Gasteiger partial charge in [0.2, 0.25) is 0 Å². The standard InChI is InChI=1S/C24H30N2O5S/c1-6-9-20-14-19(15-27)12-13-21(20)22-10-7-8-11-23(22)32(28,29)26(18(4)30-5)24-16(2)17(3)31-25-24/h7-8,10-14,18,27H,6,9,15H2,1-5H3. The molecule has 8 heteroatoms. The number of aromatic nitrogens is 1. The molecule has 1 atom stereocenters. The Balaban J connectivity index is 2.24. The van der Waals surface area contributed by atoms with E-state index >= 15 is 0 Å². The van der Waals surface area contributed by atoms with E-state index < -0.39 is 16.3 Å². The molecule has 0 saturated carbocycles. The average molecular weight is 459 g/mol. The Morgan fingerprint density at radius 1 is 1.16 bits per heavy atom. The van der Waals surface area contributed by atoms with Crippen molar-refractivity contribution in [2.75, 3.05) is 11.4 Å². The van der Waals surface area contributed by atoms with Gasteiger partial charge in [-0.1, -0.05) is 54.9 Å². The van der Waals surface area contributed by atoms with Gasteiger partial charge in [-0.2, -0.15) is 0 Å². The third-order valence-electron chi connectivity index (χ3n) is 5.60. The summed E-state index contributed by atoms with van der Waals surface area (Å²) >= 11 is 0. The molecule has 2 aromatic carbocycles. The van der Waals surface area contributed by atoms with Gasteiger partial charge in [-0.25, -0.2) is 12.7 Å². The Morgan fingerprint density at radius 2 is 1.88 bits per heavy atom. The highest BCUT2D eigenvalue weighted by atomic mass is 32.2. The van der Waals surface area contributed by atoms with Crippen LogP contribution in [0, 0.1) is 13.8 Å². The van der Waals surface area contributed by atoms with Gasteiger partial charge in [0.1, 0.15) is 12.0 Å². The van der Waals surface area contributed by atoms with Crippen LogP contribution in [0.1, 0.15) is 42.7 Å². The minimum absolute atomic E-state index is 0.0686. The molecule has 0 bridgehead atoms. The zero-order valence-corrected chi connectivity index (χ0v) is 19.9. The lowest BCUT2D eigenvalue weighted by Gasteiger charge is -2.28. The number of aliphatic hydroxyl groups excluding tert-OH is 1. The zero-order chi connectivity index (χ0) is 23.5. The highest BCUT2D eigenvalue weighted by Crippen LogP contribution is 2.36. The molecule has 0 aliphatic heterocycles. The third-order valence-corrected chi connectivity index (χ3v) is 7.50. The van der Waals surface area contributed by atoms with Crippen LogP contribution in [-0.2, 0) is 27.8 Å². The van der Waals surface area contributed by atoms with E-state index in [9.17, 15) is 13.5 Å². The van der Waals surface area contributed by atoms with E-state index in [2.05, 4.69) is 12.1 Å². The predicted molar refractivity (Wildman–Crippen MR) is 124 cm³/mol. The van der Waals surface area contributed by atoms with Crippen LogP contribution in [0.15, 0.2) is 51.9 Å². The van der Waals surface area contributed by atoms with Crippen LogP contribution in [0.25, 0.3) is 11.1 Å². The number of sulfonamides is 1. The van der Waals surface area contributed by atoms with Crippen LogP contribution in [0.3, 0.4) is 0 Å². The summed E-state index contributed by atoms with van der Waals surface area (Å²) in [6.07, 6.45) is 0.849. The van der Waals surface area contributed by atoms with Crippen LogP contribution in [-0.4, -0.2) is 32.0 Å². The van der Waals surface area contributed by atoms with E-state index in [4.69, 9.17) is 9.26 Å². The summed E-state index contributed by atoms with van der Waals surface area (Å²) in [6.45, 7) is 7.16. The van der Waals surface area contributed by atoms with Gasteiger partial charge in [-0.3, -0.25) is 0 Å². The smallest absolute Gasteiger partial charge is 0.268 e. The molecule has 1 N–H and O–H groups in total. The van der Waals surface area contributed by atoms with E-state index in [-0.39, 0.29) is 17.3 Å². The minimum atomic E-state index is -4.06. The van der Waals surface area contributed by atoms with Crippen molar-refractivity contribution >= 4 is 15.8 Å². The van der Waals surface area contributed by atoms with Gasteiger partial charge >= 0.3 is 0 Å². The maximum absolute atomic E-state index is 14.0. The SMILES string of the molecule is CCCc1cc(CO)ccc1-c1ccccc1S(=O)(=O)N(c1noc(C)c1C)C(C)OC. The van der Waals surface area contributed by atoms with Crippen LogP contribution in [0.2, 0.25) is 0 Å². The molecule has 0 aliphatic rings. The van der Waals surface area contributed by atoms with E-state index in [1.165, 1.54) is 11.4 Å². The number of hydrogen-bond donors (Lipinski definition) is 1. The molecule has 1 heterocycles. The molecule has 0 aliphatic carbocycles. The largest absolute Gasteiger partial charge is 0.392 e. The molecule has 0 radical (unpaired) electrons. The summed E-state index contributed by atoms with van der Waals surface area (Å²) in [5.41, 5.74) is 3.82. The Kier molecular flexibility index (Phi) is 7.38. The molecule has 0 fully saturated rings. The van der Waals surface area contributed by atoms with Gasteiger partial charge in [0, 0.05) is 18.2 Å². The van der Waals surface area contributed by atoms with Crippen LogP contribution in [0.5, 0.6) is 0 Å². The van der Waals surface area contributed by atoms with Gasteiger partial charge < -0.3 is 14.4 Å². The van der Waals surface area contributed by atoms with E-state index in [0.717, 1.165) is 29.5 Å². The van der Waals surface area contributed by atoms with Crippen molar-refractivity contribution in [3.8, 4) is 11.1 Å². The van der Waals surface area contributed by atoms with Gasteiger partial charge in [-0.05, 0) is 49.9 Å².